The first-order chi connectivity index (χ1) is 12.8. The lowest BCUT2D eigenvalue weighted by atomic mass is 10.1. The number of ketones is 1. The number of aromatic nitrogens is 1. The Kier molecular flexibility index (Phi) is 5.36. The lowest BCUT2D eigenvalue weighted by molar-refractivity contribution is -0.136. The van der Waals surface area contributed by atoms with Gasteiger partial charge in [0.15, 0.2) is 16.4 Å². The van der Waals surface area contributed by atoms with Gasteiger partial charge in [-0.1, -0.05) is 0 Å². The maximum absolute atomic E-state index is 12.5. The predicted octanol–water partition coefficient (Wildman–Crippen LogP) is 2.50. The summed E-state index contributed by atoms with van der Waals surface area (Å²) in [5, 5.41) is 0. The zero-order valence-electron chi connectivity index (χ0n) is 15.2. The quantitative estimate of drug-likeness (QED) is 0.426. The number of carbonyl (C=O) groups excluding carboxylic acids is 2. The summed E-state index contributed by atoms with van der Waals surface area (Å²) >= 11 is 0. The topological polar surface area (TPSA) is 95.6 Å². The molecule has 0 spiro atoms. The molecule has 3 heterocycles. The van der Waals surface area contributed by atoms with Crippen LogP contribution in [0.5, 0.6) is 0 Å². The number of sulfone groups is 1. The van der Waals surface area contributed by atoms with Crippen molar-refractivity contribution in [3.63, 3.8) is 0 Å². The third-order valence-corrected chi connectivity index (χ3v) is 6.38. The van der Waals surface area contributed by atoms with E-state index in [1.807, 2.05) is 11.5 Å². The normalized spacial score (nSPS) is 18.8. The minimum absolute atomic E-state index is 0.0869. The minimum Gasteiger partial charge on any atom is -0.465 e. The van der Waals surface area contributed by atoms with E-state index in [0.29, 0.717) is 23.4 Å². The fourth-order valence-corrected chi connectivity index (χ4v) is 5.10. The molecule has 0 aliphatic carbocycles. The maximum atomic E-state index is 12.5. The van der Waals surface area contributed by atoms with Crippen LogP contribution in [0.3, 0.4) is 0 Å². The molecule has 0 aromatic carbocycles. The SMILES string of the molecule is Cc1cc(C(=O)COC(=O)/C=C/c2ccco2)c(C)n1[C@@H]1CCS(=O)(=O)C1. The Morgan fingerprint density at radius 3 is 2.78 bits per heavy atom. The summed E-state index contributed by atoms with van der Waals surface area (Å²) in [6, 6.07) is 4.94. The first kappa shape index (κ1) is 19.2. The summed E-state index contributed by atoms with van der Waals surface area (Å²) in [5.41, 5.74) is 1.96. The minimum atomic E-state index is -3.02. The van der Waals surface area contributed by atoms with Gasteiger partial charge >= 0.3 is 5.97 Å². The second-order valence-electron chi connectivity index (χ2n) is 6.59. The van der Waals surface area contributed by atoms with E-state index in [1.54, 1.807) is 25.1 Å². The van der Waals surface area contributed by atoms with Crippen molar-refractivity contribution in [1.29, 1.82) is 0 Å². The van der Waals surface area contributed by atoms with Crippen molar-refractivity contribution in [1.82, 2.24) is 4.57 Å². The summed E-state index contributed by atoms with van der Waals surface area (Å²) < 4.78 is 35.5. The third-order valence-electron chi connectivity index (χ3n) is 4.63. The fraction of sp³-hybridized carbons (Fsp3) is 0.368. The van der Waals surface area contributed by atoms with Crippen molar-refractivity contribution in [3.05, 3.63) is 53.2 Å². The van der Waals surface area contributed by atoms with Crippen LogP contribution in [0.15, 0.2) is 35.0 Å². The van der Waals surface area contributed by atoms with E-state index in [-0.39, 0.29) is 29.9 Å². The summed E-state index contributed by atoms with van der Waals surface area (Å²) in [5.74, 6) is -0.208. The zero-order valence-corrected chi connectivity index (χ0v) is 16.0. The number of Topliss-reactive ketones (excluding diaryl/α,β-unsaturated/α-hetero) is 1. The molecule has 144 valence electrons. The van der Waals surface area contributed by atoms with Crippen molar-refractivity contribution in [2.24, 2.45) is 0 Å². The molecule has 1 aliphatic rings. The number of carbonyl (C=O) groups is 2. The Bertz CT molecular complexity index is 982. The van der Waals surface area contributed by atoms with E-state index in [9.17, 15) is 18.0 Å². The van der Waals surface area contributed by atoms with Gasteiger partial charge in [0.05, 0.1) is 17.8 Å². The first-order valence-corrected chi connectivity index (χ1v) is 10.4. The van der Waals surface area contributed by atoms with E-state index in [1.165, 1.54) is 18.4 Å². The van der Waals surface area contributed by atoms with E-state index in [4.69, 9.17) is 9.15 Å². The molecule has 1 atom stereocenters. The fourth-order valence-electron chi connectivity index (χ4n) is 3.40. The molecule has 1 saturated heterocycles. The van der Waals surface area contributed by atoms with Crippen LogP contribution in [0.1, 0.15) is 40.0 Å². The van der Waals surface area contributed by atoms with E-state index >= 15 is 0 Å². The van der Waals surface area contributed by atoms with Gasteiger partial charge in [0.2, 0.25) is 5.78 Å². The average Bonchev–Trinajstić information content (AvgIpc) is 3.31. The summed E-state index contributed by atoms with van der Waals surface area (Å²) in [7, 11) is -3.02. The van der Waals surface area contributed by atoms with Crippen LogP contribution in [0, 0.1) is 13.8 Å². The van der Waals surface area contributed by atoms with Crippen molar-refractivity contribution in [2.75, 3.05) is 18.1 Å². The number of hydrogen-bond acceptors (Lipinski definition) is 6. The Morgan fingerprint density at radius 1 is 1.37 bits per heavy atom. The van der Waals surface area contributed by atoms with Gasteiger partial charge in [-0.05, 0) is 44.5 Å². The van der Waals surface area contributed by atoms with Gasteiger partial charge in [-0.15, -0.1) is 0 Å². The van der Waals surface area contributed by atoms with E-state index in [2.05, 4.69) is 0 Å². The number of aryl methyl sites for hydroxylation is 1. The van der Waals surface area contributed by atoms with Crippen LogP contribution in [0.2, 0.25) is 0 Å². The number of rotatable bonds is 6. The van der Waals surface area contributed by atoms with Crippen molar-refractivity contribution >= 4 is 27.7 Å². The molecule has 8 heteroatoms. The Morgan fingerprint density at radius 2 is 2.15 bits per heavy atom. The van der Waals surface area contributed by atoms with Crippen LogP contribution in [-0.2, 0) is 19.4 Å². The van der Waals surface area contributed by atoms with Crippen molar-refractivity contribution in [3.8, 4) is 0 Å². The van der Waals surface area contributed by atoms with Crippen molar-refractivity contribution in [2.45, 2.75) is 26.3 Å². The standard InChI is InChI=1S/C19H21NO6S/c1-13-10-17(14(2)20(13)15-7-9-27(23,24)12-15)18(21)11-26-19(22)6-5-16-4-3-8-25-16/h3-6,8,10,15H,7,9,11-12H2,1-2H3/b6-5+/t15-/m1/s1. The predicted molar refractivity (Wildman–Crippen MR) is 99.2 cm³/mol. The van der Waals surface area contributed by atoms with Crippen LogP contribution in [0.4, 0.5) is 0 Å². The number of esters is 1. The van der Waals surface area contributed by atoms with E-state index < -0.39 is 15.8 Å². The lowest BCUT2D eigenvalue weighted by Crippen LogP contribution is -2.16. The van der Waals surface area contributed by atoms with Gasteiger partial charge < -0.3 is 13.7 Å². The molecule has 0 unspecified atom stereocenters. The summed E-state index contributed by atoms with van der Waals surface area (Å²) in [6.07, 6.45) is 4.68. The zero-order chi connectivity index (χ0) is 19.6. The number of hydrogen-bond donors (Lipinski definition) is 0. The highest BCUT2D eigenvalue weighted by molar-refractivity contribution is 7.91. The van der Waals surface area contributed by atoms with E-state index in [0.717, 1.165) is 5.69 Å². The molecule has 0 radical (unpaired) electrons. The molecule has 0 saturated carbocycles. The van der Waals surface area contributed by atoms with Gasteiger partial charge in [0.25, 0.3) is 0 Å². The Labute approximate surface area is 157 Å². The molecule has 2 aromatic heterocycles. The largest absolute Gasteiger partial charge is 0.465 e. The second kappa shape index (κ2) is 7.56. The lowest BCUT2D eigenvalue weighted by Gasteiger charge is -2.16. The molecule has 27 heavy (non-hydrogen) atoms. The van der Waals surface area contributed by atoms with Crippen LogP contribution in [0.25, 0.3) is 6.08 Å². The monoisotopic (exact) mass is 391 g/mol. The molecule has 1 aliphatic heterocycles. The summed E-state index contributed by atoms with van der Waals surface area (Å²) in [6.45, 7) is 3.24. The van der Waals surface area contributed by atoms with Gasteiger partial charge in [-0.3, -0.25) is 4.79 Å². The Balaban J connectivity index is 1.65. The van der Waals surface area contributed by atoms with Gasteiger partial charge in [0, 0.05) is 29.1 Å². The Hall–Kier alpha value is -2.61. The molecular formula is C19H21NO6S. The van der Waals surface area contributed by atoms with Gasteiger partial charge in [-0.2, -0.15) is 0 Å². The van der Waals surface area contributed by atoms with Crippen LogP contribution < -0.4 is 0 Å². The maximum Gasteiger partial charge on any atom is 0.331 e. The highest BCUT2D eigenvalue weighted by Gasteiger charge is 2.31. The third kappa shape index (κ3) is 4.39. The molecule has 0 N–H and O–H groups in total. The first-order valence-electron chi connectivity index (χ1n) is 8.57. The van der Waals surface area contributed by atoms with Crippen LogP contribution >= 0.6 is 0 Å². The molecule has 1 fully saturated rings. The number of furan rings is 1. The average molecular weight is 391 g/mol. The molecule has 2 aromatic rings. The number of ether oxygens (including phenoxy) is 1. The molecule has 3 rings (SSSR count). The molecule has 7 nitrogen and oxygen atoms in total. The highest BCUT2D eigenvalue weighted by Crippen LogP contribution is 2.29. The van der Waals surface area contributed by atoms with Crippen LogP contribution in [-0.4, -0.2) is 42.9 Å². The second-order valence-corrected chi connectivity index (χ2v) is 8.82. The molecule has 0 bridgehead atoms. The highest BCUT2D eigenvalue weighted by atomic mass is 32.2. The van der Waals surface area contributed by atoms with Gasteiger partial charge in [0.1, 0.15) is 5.76 Å². The summed E-state index contributed by atoms with van der Waals surface area (Å²) in [4.78, 5) is 24.2. The molecular weight excluding hydrogens is 370 g/mol. The number of nitrogens with zero attached hydrogens (tertiary/aromatic N) is 1. The smallest absolute Gasteiger partial charge is 0.331 e. The molecule has 0 amide bonds. The van der Waals surface area contributed by atoms with Crippen molar-refractivity contribution < 1.29 is 27.2 Å². The van der Waals surface area contributed by atoms with Gasteiger partial charge in [-0.25, -0.2) is 13.2 Å².